The fraction of sp³-hybridized carbons (Fsp3) is 0.531. The molecule has 0 unspecified atom stereocenters. The lowest BCUT2D eigenvalue weighted by molar-refractivity contribution is -0.670. The van der Waals surface area contributed by atoms with E-state index in [0.29, 0.717) is 26.1 Å². The number of unbranched alkanes of at least 4 members (excludes halogenated alkanes) is 1. The summed E-state index contributed by atoms with van der Waals surface area (Å²) in [5.74, 6) is -0.710. The van der Waals surface area contributed by atoms with Crippen LogP contribution in [0.5, 0.6) is 5.75 Å². The third-order valence-corrected chi connectivity index (χ3v) is 8.14. The molecule has 0 radical (unpaired) electrons. The number of hydrogen-bond donors (Lipinski definition) is 1. The molecule has 0 spiro atoms. The van der Waals surface area contributed by atoms with Crippen molar-refractivity contribution in [1.82, 2.24) is 4.90 Å². The highest BCUT2D eigenvalue weighted by Crippen LogP contribution is 2.44. The van der Waals surface area contributed by atoms with Crippen LogP contribution < -0.4 is 14.2 Å². The molecule has 7 heteroatoms. The number of ether oxygens (including phenoxy) is 1. The van der Waals surface area contributed by atoms with Gasteiger partial charge < -0.3 is 14.7 Å². The second-order valence-corrected chi connectivity index (χ2v) is 11.8. The number of aliphatic carboxylic acids is 1. The summed E-state index contributed by atoms with van der Waals surface area (Å²) < 4.78 is 7.65. The van der Waals surface area contributed by atoms with E-state index in [-0.39, 0.29) is 29.8 Å². The summed E-state index contributed by atoms with van der Waals surface area (Å²) in [6.07, 6.45) is 11.5. The Morgan fingerprint density at radius 1 is 1.28 bits per heavy atom. The maximum Gasteiger partial charge on any atom is 0.308 e. The summed E-state index contributed by atoms with van der Waals surface area (Å²) in [6, 6.07) is 9.77. The third-order valence-electron chi connectivity index (χ3n) is 8.14. The largest absolute Gasteiger partial charge is 0.493 e. The van der Waals surface area contributed by atoms with Gasteiger partial charge in [-0.15, -0.1) is 0 Å². The van der Waals surface area contributed by atoms with Gasteiger partial charge in [-0.1, -0.05) is 51.5 Å². The minimum absolute atomic E-state index is 0.00984. The van der Waals surface area contributed by atoms with E-state index in [1.54, 1.807) is 0 Å². The van der Waals surface area contributed by atoms with E-state index in [9.17, 15) is 14.7 Å². The number of hydrogen-bond acceptors (Lipinski definition) is 4. The number of nitrogens with zero attached hydrogens (tertiary/aromatic N) is 3. The van der Waals surface area contributed by atoms with Gasteiger partial charge in [0.2, 0.25) is 5.91 Å². The van der Waals surface area contributed by atoms with Crippen molar-refractivity contribution in [2.75, 3.05) is 31.1 Å². The first-order valence-corrected chi connectivity index (χ1v) is 14.3. The Bertz CT molecular complexity index is 1210. The van der Waals surface area contributed by atoms with Gasteiger partial charge in [0.05, 0.1) is 19.1 Å². The van der Waals surface area contributed by atoms with Gasteiger partial charge >= 0.3 is 5.97 Å². The van der Waals surface area contributed by atoms with Crippen molar-refractivity contribution in [3.8, 4) is 5.75 Å². The molecule has 2 aromatic rings. The Morgan fingerprint density at radius 2 is 2.08 bits per heavy atom. The topological polar surface area (TPSA) is 74.0 Å². The second kappa shape index (κ2) is 12.3. The number of aryl methyl sites for hydroxylation is 1. The molecule has 2 aliphatic rings. The van der Waals surface area contributed by atoms with Crippen molar-refractivity contribution < 1.29 is 24.0 Å². The SMILES string of the molecule is C/C=C/C(C)(C)C[C@H]1[C@H](C(=O)O)[C@@H](c2ccc3c(c2)CCO3)CN1CC(=O)N(CCCC)c1ccc[n+](C)c1. The number of carboxylic acid groups (broad SMARTS) is 1. The molecule has 3 atom stereocenters. The summed E-state index contributed by atoms with van der Waals surface area (Å²) in [5.41, 5.74) is 2.82. The van der Waals surface area contributed by atoms with E-state index in [0.717, 1.165) is 41.8 Å². The van der Waals surface area contributed by atoms with Crippen LogP contribution in [0.1, 0.15) is 64.0 Å². The predicted octanol–water partition coefficient (Wildman–Crippen LogP) is 4.74. The molecule has 0 saturated carbocycles. The Labute approximate surface area is 233 Å². The average Bonchev–Trinajstić information content (AvgIpc) is 3.48. The van der Waals surface area contributed by atoms with Crippen LogP contribution in [0, 0.1) is 11.3 Å². The van der Waals surface area contributed by atoms with Crippen molar-refractivity contribution in [2.45, 2.75) is 65.3 Å². The molecule has 4 rings (SSSR count). The summed E-state index contributed by atoms with van der Waals surface area (Å²) >= 11 is 0. The maximum absolute atomic E-state index is 13.9. The molecular weight excluding hydrogens is 490 g/mol. The van der Waals surface area contributed by atoms with E-state index in [2.05, 4.69) is 37.8 Å². The van der Waals surface area contributed by atoms with Crippen molar-refractivity contribution in [2.24, 2.45) is 18.4 Å². The Kier molecular flexibility index (Phi) is 9.11. The van der Waals surface area contributed by atoms with Crippen LogP contribution >= 0.6 is 0 Å². The molecule has 1 aromatic carbocycles. The zero-order valence-corrected chi connectivity index (χ0v) is 24.1. The standard InChI is InChI=1S/C32H43N3O4/c1-6-8-16-35(25-10-9-15-33(5)20-25)29(36)22-34-21-26(23-11-12-28-24(18-23)13-17-39-28)30(31(37)38)27(34)19-32(3,4)14-7-2/h7,9-12,14-15,18,20,26-27,30H,6,8,13,16-17,19,21-22H2,1-5H3/p+1/b14-7+/t26-,27+,30-/m1/s1. The Hall–Kier alpha value is -3.19. The molecule has 39 heavy (non-hydrogen) atoms. The molecular formula is C32H44N3O4+. The van der Waals surface area contributed by atoms with Gasteiger partial charge in [-0.3, -0.25) is 14.5 Å². The molecule has 210 valence electrons. The van der Waals surface area contributed by atoms with E-state index in [4.69, 9.17) is 4.74 Å². The first-order valence-electron chi connectivity index (χ1n) is 14.3. The monoisotopic (exact) mass is 534 g/mol. The van der Waals surface area contributed by atoms with Gasteiger partial charge in [0.1, 0.15) is 18.5 Å². The van der Waals surface area contributed by atoms with Crippen LogP contribution in [0.3, 0.4) is 0 Å². The van der Waals surface area contributed by atoms with Gasteiger partial charge in [0.15, 0.2) is 12.4 Å². The maximum atomic E-state index is 13.9. The van der Waals surface area contributed by atoms with Crippen LogP contribution in [0.4, 0.5) is 5.69 Å². The molecule has 3 heterocycles. The molecule has 1 saturated heterocycles. The summed E-state index contributed by atoms with van der Waals surface area (Å²) in [4.78, 5) is 30.8. The number of aromatic nitrogens is 1. The average molecular weight is 535 g/mol. The van der Waals surface area contributed by atoms with Gasteiger partial charge in [-0.05, 0) is 48.4 Å². The lowest BCUT2D eigenvalue weighted by atomic mass is 9.77. The minimum atomic E-state index is -0.800. The molecule has 1 aromatic heterocycles. The molecule has 2 aliphatic heterocycles. The highest BCUT2D eigenvalue weighted by Gasteiger charge is 2.48. The van der Waals surface area contributed by atoms with Crippen LogP contribution in [-0.2, 0) is 23.1 Å². The number of pyridine rings is 1. The second-order valence-electron chi connectivity index (χ2n) is 11.8. The summed E-state index contributed by atoms with van der Waals surface area (Å²) in [7, 11) is 1.95. The number of allylic oxidation sites excluding steroid dienone is 2. The number of anilines is 1. The first-order chi connectivity index (χ1) is 18.6. The van der Waals surface area contributed by atoms with Gasteiger partial charge in [-0.2, -0.15) is 0 Å². The smallest absolute Gasteiger partial charge is 0.308 e. The van der Waals surface area contributed by atoms with Crippen molar-refractivity contribution in [3.05, 3.63) is 66.0 Å². The van der Waals surface area contributed by atoms with Gasteiger partial charge in [-0.25, -0.2) is 4.57 Å². The number of rotatable bonds is 11. The van der Waals surface area contributed by atoms with E-state index < -0.39 is 11.9 Å². The Balaban J connectivity index is 1.68. The number of carboxylic acids is 1. The fourth-order valence-electron chi connectivity index (χ4n) is 6.28. The zero-order chi connectivity index (χ0) is 28.2. The Morgan fingerprint density at radius 3 is 2.77 bits per heavy atom. The van der Waals surface area contributed by atoms with E-state index >= 15 is 0 Å². The lowest BCUT2D eigenvalue weighted by Crippen LogP contribution is -2.46. The number of benzene rings is 1. The minimum Gasteiger partial charge on any atom is -0.493 e. The van der Waals surface area contributed by atoms with E-state index in [1.807, 2.05) is 66.2 Å². The van der Waals surface area contributed by atoms with Gasteiger partial charge in [0.25, 0.3) is 0 Å². The highest BCUT2D eigenvalue weighted by atomic mass is 16.5. The summed E-state index contributed by atoms with van der Waals surface area (Å²) in [6.45, 7) is 10.4. The van der Waals surface area contributed by atoms with Crippen molar-refractivity contribution in [3.63, 3.8) is 0 Å². The van der Waals surface area contributed by atoms with Crippen LogP contribution in [-0.4, -0.2) is 54.2 Å². The number of carbonyl (C=O) groups excluding carboxylic acids is 1. The van der Waals surface area contributed by atoms with Crippen molar-refractivity contribution in [1.29, 1.82) is 0 Å². The van der Waals surface area contributed by atoms with Crippen LogP contribution in [0.2, 0.25) is 0 Å². The number of likely N-dealkylation sites (tertiary alicyclic amines) is 1. The first kappa shape index (κ1) is 28.8. The number of amides is 1. The molecule has 7 nitrogen and oxygen atoms in total. The molecule has 0 aliphatic carbocycles. The van der Waals surface area contributed by atoms with Crippen molar-refractivity contribution >= 4 is 17.6 Å². The molecule has 0 bridgehead atoms. The van der Waals surface area contributed by atoms with Crippen LogP contribution in [0.15, 0.2) is 54.9 Å². The lowest BCUT2D eigenvalue weighted by Gasteiger charge is -2.33. The summed E-state index contributed by atoms with van der Waals surface area (Å²) in [5, 5.41) is 10.6. The third kappa shape index (κ3) is 6.70. The molecule has 1 amide bonds. The predicted molar refractivity (Wildman–Crippen MR) is 153 cm³/mol. The highest BCUT2D eigenvalue weighted by molar-refractivity contribution is 5.94. The quantitative estimate of drug-likeness (QED) is 0.333. The fourth-order valence-corrected chi connectivity index (χ4v) is 6.28. The van der Waals surface area contributed by atoms with Crippen LogP contribution in [0.25, 0.3) is 0 Å². The molecule has 1 N–H and O–H groups in total. The normalized spacial score (nSPS) is 21.2. The van der Waals surface area contributed by atoms with E-state index in [1.165, 1.54) is 0 Å². The number of fused-ring (bicyclic) bond motifs is 1. The molecule has 1 fully saturated rings. The zero-order valence-electron chi connectivity index (χ0n) is 24.1. The number of carbonyl (C=O) groups is 2. The van der Waals surface area contributed by atoms with Gasteiger partial charge in [0, 0.05) is 37.5 Å².